The van der Waals surface area contributed by atoms with Gasteiger partial charge in [-0.15, -0.1) is 0 Å². The van der Waals surface area contributed by atoms with E-state index < -0.39 is 5.97 Å². The Morgan fingerprint density at radius 1 is 1.00 bits per heavy atom. The average molecular weight is 285 g/mol. The molecule has 2 aromatic rings. The summed E-state index contributed by atoms with van der Waals surface area (Å²) in [4.78, 5) is 10.8. The maximum Gasteiger partial charge on any atom is 0.307 e. The molecule has 0 aliphatic carbocycles. The number of carboxylic acids is 1. The van der Waals surface area contributed by atoms with E-state index in [0.29, 0.717) is 19.7 Å². The molecule has 0 saturated carbocycles. The van der Waals surface area contributed by atoms with Crippen LogP contribution in [0.1, 0.15) is 11.1 Å². The molecule has 0 atom stereocenters. The molecule has 0 aliphatic rings. The Morgan fingerprint density at radius 2 is 1.67 bits per heavy atom. The van der Waals surface area contributed by atoms with Gasteiger partial charge < -0.3 is 15.2 Å². The maximum atomic E-state index is 10.8. The molecule has 0 saturated heterocycles. The summed E-state index contributed by atoms with van der Waals surface area (Å²) in [6, 6.07) is 17.2. The summed E-state index contributed by atoms with van der Waals surface area (Å²) in [6.45, 7) is 1.92. The Hall–Kier alpha value is -2.33. The predicted octanol–water partition coefficient (Wildman–Crippen LogP) is 2.48. The zero-order valence-electron chi connectivity index (χ0n) is 11.8. The van der Waals surface area contributed by atoms with Gasteiger partial charge in [-0.1, -0.05) is 42.5 Å². The third-order valence-corrected chi connectivity index (χ3v) is 3.07. The van der Waals surface area contributed by atoms with Crippen LogP contribution in [0.4, 0.5) is 0 Å². The molecule has 4 nitrogen and oxygen atoms in total. The van der Waals surface area contributed by atoms with Crippen molar-refractivity contribution < 1.29 is 14.6 Å². The molecule has 0 spiro atoms. The van der Waals surface area contributed by atoms with Crippen LogP contribution in [0.3, 0.4) is 0 Å². The van der Waals surface area contributed by atoms with Gasteiger partial charge in [0.1, 0.15) is 12.4 Å². The smallest absolute Gasteiger partial charge is 0.307 e. The first kappa shape index (κ1) is 15.1. The van der Waals surface area contributed by atoms with Gasteiger partial charge in [0.25, 0.3) is 0 Å². The average Bonchev–Trinajstić information content (AvgIpc) is 2.49. The second-order valence-electron chi connectivity index (χ2n) is 4.68. The van der Waals surface area contributed by atoms with Gasteiger partial charge in [-0.05, 0) is 23.3 Å². The fourth-order valence-corrected chi connectivity index (χ4v) is 2.05. The Balaban J connectivity index is 1.75. The molecule has 110 valence electrons. The van der Waals surface area contributed by atoms with E-state index in [9.17, 15) is 4.79 Å². The highest BCUT2D eigenvalue weighted by Crippen LogP contribution is 2.10. The summed E-state index contributed by atoms with van der Waals surface area (Å²) < 4.78 is 5.58. The van der Waals surface area contributed by atoms with Crippen LogP contribution in [0.5, 0.6) is 5.75 Å². The topological polar surface area (TPSA) is 58.6 Å². The van der Waals surface area contributed by atoms with Gasteiger partial charge in [-0.3, -0.25) is 4.79 Å². The molecule has 0 radical (unpaired) electrons. The first-order chi connectivity index (χ1) is 10.3. The van der Waals surface area contributed by atoms with E-state index in [-0.39, 0.29) is 6.42 Å². The number of carbonyl (C=O) groups is 1. The van der Waals surface area contributed by atoms with Crippen molar-refractivity contribution in [2.24, 2.45) is 0 Å². The van der Waals surface area contributed by atoms with Gasteiger partial charge in [0, 0.05) is 13.1 Å². The van der Waals surface area contributed by atoms with Crippen LogP contribution < -0.4 is 10.1 Å². The number of rotatable bonds is 8. The number of aliphatic carboxylic acids is 1. The molecular weight excluding hydrogens is 266 g/mol. The molecular formula is C17H19NO3. The molecule has 21 heavy (non-hydrogen) atoms. The number of benzene rings is 2. The molecule has 0 aliphatic heterocycles. The molecule has 0 amide bonds. The minimum Gasteiger partial charge on any atom is -0.492 e. The number of hydrogen-bond acceptors (Lipinski definition) is 3. The monoisotopic (exact) mass is 285 g/mol. The molecule has 2 N–H and O–H groups in total. The van der Waals surface area contributed by atoms with E-state index >= 15 is 0 Å². The van der Waals surface area contributed by atoms with Crippen molar-refractivity contribution in [2.45, 2.75) is 13.0 Å². The summed E-state index contributed by atoms with van der Waals surface area (Å²) in [5, 5.41) is 12.2. The van der Waals surface area contributed by atoms with Gasteiger partial charge in [-0.2, -0.15) is 0 Å². The van der Waals surface area contributed by atoms with Gasteiger partial charge in [-0.25, -0.2) is 0 Å². The standard InChI is InChI=1S/C17H19NO3/c19-17(20)12-14-6-4-5-7-15(14)13-18-10-11-21-16-8-2-1-3-9-16/h1-9,18H,10-13H2,(H,19,20). The van der Waals surface area contributed by atoms with Crippen LogP contribution in [0.2, 0.25) is 0 Å². The van der Waals surface area contributed by atoms with Crippen molar-refractivity contribution in [3.8, 4) is 5.75 Å². The first-order valence-electron chi connectivity index (χ1n) is 6.93. The minimum atomic E-state index is -0.810. The SMILES string of the molecule is O=C(O)Cc1ccccc1CNCCOc1ccccc1. The highest BCUT2D eigenvalue weighted by atomic mass is 16.5. The van der Waals surface area contributed by atoms with Crippen LogP contribution in [-0.2, 0) is 17.8 Å². The third-order valence-electron chi connectivity index (χ3n) is 3.07. The summed E-state index contributed by atoms with van der Waals surface area (Å²) in [5.74, 6) is 0.0421. The summed E-state index contributed by atoms with van der Waals surface area (Å²) in [6.07, 6.45) is 0.0539. The fraction of sp³-hybridized carbons (Fsp3) is 0.235. The zero-order valence-corrected chi connectivity index (χ0v) is 11.8. The van der Waals surface area contributed by atoms with Crippen molar-refractivity contribution in [1.29, 1.82) is 0 Å². The summed E-state index contributed by atoms with van der Waals surface area (Å²) >= 11 is 0. The van der Waals surface area contributed by atoms with E-state index in [1.165, 1.54) is 0 Å². The minimum absolute atomic E-state index is 0.0539. The van der Waals surface area contributed by atoms with E-state index in [2.05, 4.69) is 5.32 Å². The van der Waals surface area contributed by atoms with Crippen molar-refractivity contribution in [2.75, 3.05) is 13.2 Å². The Labute approximate surface area is 124 Å². The normalized spacial score (nSPS) is 10.3. The summed E-state index contributed by atoms with van der Waals surface area (Å²) in [5.41, 5.74) is 1.86. The van der Waals surface area contributed by atoms with Gasteiger partial charge in [0.05, 0.1) is 6.42 Å². The van der Waals surface area contributed by atoms with Crippen LogP contribution >= 0.6 is 0 Å². The van der Waals surface area contributed by atoms with Gasteiger partial charge in [0.2, 0.25) is 0 Å². The molecule has 0 aromatic heterocycles. The molecule has 0 heterocycles. The van der Waals surface area contributed by atoms with Crippen LogP contribution in [0.25, 0.3) is 0 Å². The van der Waals surface area contributed by atoms with Crippen LogP contribution in [0.15, 0.2) is 54.6 Å². The van der Waals surface area contributed by atoms with Gasteiger partial charge >= 0.3 is 5.97 Å². The Bertz CT molecular complexity index is 569. The van der Waals surface area contributed by atoms with Gasteiger partial charge in [0.15, 0.2) is 0 Å². The third kappa shape index (κ3) is 5.28. The number of hydrogen-bond donors (Lipinski definition) is 2. The largest absolute Gasteiger partial charge is 0.492 e. The van der Waals surface area contributed by atoms with E-state index in [4.69, 9.17) is 9.84 Å². The molecule has 0 bridgehead atoms. The first-order valence-corrected chi connectivity index (χ1v) is 6.93. The highest BCUT2D eigenvalue weighted by molar-refractivity contribution is 5.70. The predicted molar refractivity (Wildman–Crippen MR) is 81.4 cm³/mol. The van der Waals surface area contributed by atoms with E-state index in [1.807, 2.05) is 54.6 Å². The quantitative estimate of drug-likeness (QED) is 0.732. The van der Waals surface area contributed by atoms with Crippen molar-refractivity contribution >= 4 is 5.97 Å². The fourth-order valence-electron chi connectivity index (χ4n) is 2.05. The number of carboxylic acid groups (broad SMARTS) is 1. The van der Waals surface area contributed by atoms with Crippen molar-refractivity contribution in [3.63, 3.8) is 0 Å². The molecule has 2 aromatic carbocycles. The Kier molecular flexibility index (Phi) is 5.79. The van der Waals surface area contributed by atoms with Crippen LogP contribution in [-0.4, -0.2) is 24.2 Å². The molecule has 2 rings (SSSR count). The maximum absolute atomic E-state index is 10.8. The zero-order chi connectivity index (χ0) is 14.9. The molecule has 4 heteroatoms. The number of ether oxygens (including phenoxy) is 1. The second-order valence-corrected chi connectivity index (χ2v) is 4.68. The molecule has 0 unspecified atom stereocenters. The molecule has 0 fully saturated rings. The lowest BCUT2D eigenvalue weighted by Gasteiger charge is -2.10. The Morgan fingerprint density at radius 3 is 2.38 bits per heavy atom. The number of para-hydroxylation sites is 1. The lowest BCUT2D eigenvalue weighted by molar-refractivity contribution is -0.136. The lowest BCUT2D eigenvalue weighted by atomic mass is 10.0. The van der Waals surface area contributed by atoms with Crippen molar-refractivity contribution in [3.05, 3.63) is 65.7 Å². The second kappa shape index (κ2) is 8.07. The lowest BCUT2D eigenvalue weighted by Crippen LogP contribution is -2.21. The number of nitrogens with one attached hydrogen (secondary N) is 1. The van der Waals surface area contributed by atoms with Crippen LogP contribution in [0, 0.1) is 0 Å². The van der Waals surface area contributed by atoms with Crippen molar-refractivity contribution in [1.82, 2.24) is 5.32 Å². The van der Waals surface area contributed by atoms with E-state index in [0.717, 1.165) is 16.9 Å². The summed E-state index contributed by atoms with van der Waals surface area (Å²) in [7, 11) is 0. The van der Waals surface area contributed by atoms with E-state index in [1.54, 1.807) is 0 Å². The highest BCUT2D eigenvalue weighted by Gasteiger charge is 2.05.